The molecule has 0 saturated heterocycles. The van der Waals surface area contributed by atoms with Gasteiger partial charge in [0.15, 0.2) is 10.6 Å². The van der Waals surface area contributed by atoms with Gasteiger partial charge in [0.1, 0.15) is 6.54 Å². The van der Waals surface area contributed by atoms with Crippen molar-refractivity contribution in [2.75, 3.05) is 5.32 Å². The zero-order chi connectivity index (χ0) is 18.0. The second-order valence-electron chi connectivity index (χ2n) is 5.82. The third-order valence-electron chi connectivity index (χ3n) is 3.78. The van der Waals surface area contributed by atoms with E-state index in [1.807, 2.05) is 56.3 Å². The summed E-state index contributed by atoms with van der Waals surface area (Å²) in [6.45, 7) is 4.08. The molecule has 0 saturated carbocycles. The van der Waals surface area contributed by atoms with E-state index >= 15 is 0 Å². The van der Waals surface area contributed by atoms with Crippen molar-refractivity contribution in [2.24, 2.45) is 0 Å². The average molecular weight is 417 g/mol. The summed E-state index contributed by atoms with van der Waals surface area (Å²) < 4.78 is 3.12. The summed E-state index contributed by atoms with van der Waals surface area (Å²) in [5.41, 5.74) is 3.84. The van der Waals surface area contributed by atoms with Crippen LogP contribution in [-0.2, 0) is 11.3 Å². The van der Waals surface area contributed by atoms with Crippen LogP contribution in [-0.4, -0.2) is 20.7 Å². The van der Waals surface area contributed by atoms with Gasteiger partial charge in [0.25, 0.3) is 0 Å². The van der Waals surface area contributed by atoms with Crippen LogP contribution in [0.2, 0.25) is 0 Å². The summed E-state index contributed by atoms with van der Waals surface area (Å²) in [5.74, 6) is 0.490. The van der Waals surface area contributed by atoms with E-state index in [-0.39, 0.29) is 12.5 Å². The van der Waals surface area contributed by atoms with Gasteiger partial charge in [-0.05, 0) is 55.9 Å². The number of rotatable bonds is 4. The number of carbonyl (C=O) groups is 1. The Hall–Kier alpha value is -2.25. The van der Waals surface area contributed by atoms with Crippen molar-refractivity contribution >= 4 is 39.7 Å². The van der Waals surface area contributed by atoms with Gasteiger partial charge in [-0.1, -0.05) is 39.7 Å². The number of benzene rings is 2. The Bertz CT molecular complexity index is 993. The molecule has 2 N–H and O–H groups in total. The lowest BCUT2D eigenvalue weighted by Gasteiger charge is -2.09. The van der Waals surface area contributed by atoms with Crippen LogP contribution in [0.25, 0.3) is 11.4 Å². The third-order valence-corrected chi connectivity index (χ3v) is 4.98. The maximum absolute atomic E-state index is 12.4. The molecule has 3 aromatic rings. The highest BCUT2D eigenvalue weighted by atomic mass is 79.9. The Morgan fingerprint density at radius 2 is 2.08 bits per heavy atom. The van der Waals surface area contributed by atoms with Gasteiger partial charge in [0, 0.05) is 15.7 Å². The van der Waals surface area contributed by atoms with Gasteiger partial charge in [-0.3, -0.25) is 14.5 Å². The van der Waals surface area contributed by atoms with Gasteiger partial charge < -0.3 is 5.32 Å². The number of amides is 1. The fourth-order valence-electron chi connectivity index (χ4n) is 2.54. The molecular formula is C18H17BrN4OS. The number of nitrogens with zero attached hydrogens (tertiary/aromatic N) is 2. The molecule has 1 amide bonds. The highest BCUT2D eigenvalue weighted by molar-refractivity contribution is 9.10. The molecule has 0 aliphatic rings. The first-order valence-corrected chi connectivity index (χ1v) is 8.92. The molecule has 0 radical (unpaired) electrons. The van der Waals surface area contributed by atoms with Crippen molar-refractivity contribution < 1.29 is 4.79 Å². The summed E-state index contributed by atoms with van der Waals surface area (Å²) in [6.07, 6.45) is 0. The van der Waals surface area contributed by atoms with Gasteiger partial charge in [0.2, 0.25) is 5.91 Å². The number of aromatic amines is 1. The summed E-state index contributed by atoms with van der Waals surface area (Å²) in [5, 5.41) is 9.94. The number of anilines is 1. The van der Waals surface area contributed by atoms with E-state index in [2.05, 4.69) is 31.4 Å². The normalized spacial score (nSPS) is 10.7. The second kappa shape index (κ2) is 7.33. The smallest absolute Gasteiger partial charge is 0.244 e. The van der Waals surface area contributed by atoms with E-state index in [0.29, 0.717) is 10.6 Å². The van der Waals surface area contributed by atoms with Crippen LogP contribution in [0.3, 0.4) is 0 Å². The SMILES string of the molecule is Cc1cccc(-c2n[nH]c(=S)n2CC(=O)Nc2ccc(Br)c(C)c2)c1. The zero-order valence-electron chi connectivity index (χ0n) is 13.8. The van der Waals surface area contributed by atoms with E-state index in [1.54, 1.807) is 4.57 Å². The monoisotopic (exact) mass is 416 g/mol. The first-order valence-electron chi connectivity index (χ1n) is 7.72. The van der Waals surface area contributed by atoms with Gasteiger partial charge >= 0.3 is 0 Å². The average Bonchev–Trinajstić information content (AvgIpc) is 2.92. The van der Waals surface area contributed by atoms with E-state index in [0.717, 1.165) is 26.9 Å². The number of nitrogens with one attached hydrogen (secondary N) is 2. The molecule has 7 heteroatoms. The number of hydrogen-bond acceptors (Lipinski definition) is 3. The highest BCUT2D eigenvalue weighted by Gasteiger charge is 2.13. The fraction of sp³-hybridized carbons (Fsp3) is 0.167. The Balaban J connectivity index is 1.83. The minimum Gasteiger partial charge on any atom is -0.325 e. The van der Waals surface area contributed by atoms with Crippen LogP contribution in [0.15, 0.2) is 46.9 Å². The Morgan fingerprint density at radius 3 is 2.80 bits per heavy atom. The number of carbonyl (C=O) groups excluding carboxylic acids is 1. The fourth-order valence-corrected chi connectivity index (χ4v) is 2.98. The third kappa shape index (κ3) is 4.05. The second-order valence-corrected chi connectivity index (χ2v) is 7.06. The summed E-state index contributed by atoms with van der Waals surface area (Å²) in [6, 6.07) is 13.6. The summed E-state index contributed by atoms with van der Waals surface area (Å²) in [7, 11) is 0. The van der Waals surface area contributed by atoms with Crippen molar-refractivity contribution in [1.82, 2.24) is 14.8 Å². The lowest BCUT2D eigenvalue weighted by atomic mass is 10.1. The number of H-pyrrole nitrogens is 1. The lowest BCUT2D eigenvalue weighted by Crippen LogP contribution is -2.19. The van der Waals surface area contributed by atoms with E-state index in [4.69, 9.17) is 12.2 Å². The van der Waals surface area contributed by atoms with Crippen LogP contribution in [0.1, 0.15) is 11.1 Å². The summed E-state index contributed by atoms with van der Waals surface area (Å²) >= 11 is 8.74. The molecule has 3 rings (SSSR count). The van der Waals surface area contributed by atoms with Crippen LogP contribution in [0.4, 0.5) is 5.69 Å². The molecule has 1 aromatic heterocycles. The van der Waals surface area contributed by atoms with Crippen LogP contribution < -0.4 is 5.32 Å². The minimum absolute atomic E-state index is 0.0910. The molecule has 128 valence electrons. The van der Waals surface area contributed by atoms with Gasteiger partial charge in [-0.2, -0.15) is 5.10 Å². The van der Waals surface area contributed by atoms with E-state index in [1.165, 1.54) is 0 Å². The molecule has 0 aliphatic carbocycles. The van der Waals surface area contributed by atoms with Gasteiger partial charge in [-0.25, -0.2) is 0 Å². The largest absolute Gasteiger partial charge is 0.325 e. The van der Waals surface area contributed by atoms with Crippen LogP contribution in [0, 0.1) is 18.6 Å². The summed E-state index contributed by atoms with van der Waals surface area (Å²) in [4.78, 5) is 12.4. The maximum atomic E-state index is 12.4. The molecule has 2 aromatic carbocycles. The number of hydrogen-bond donors (Lipinski definition) is 2. The maximum Gasteiger partial charge on any atom is 0.244 e. The van der Waals surface area contributed by atoms with Crippen LogP contribution >= 0.6 is 28.1 Å². The zero-order valence-corrected chi connectivity index (χ0v) is 16.2. The van der Waals surface area contributed by atoms with Crippen molar-refractivity contribution in [3.63, 3.8) is 0 Å². The molecule has 25 heavy (non-hydrogen) atoms. The molecule has 0 aliphatic heterocycles. The highest BCUT2D eigenvalue weighted by Crippen LogP contribution is 2.21. The molecule has 5 nitrogen and oxygen atoms in total. The molecule has 0 fully saturated rings. The van der Waals surface area contributed by atoms with Crippen molar-refractivity contribution in [3.8, 4) is 11.4 Å². The molecular weight excluding hydrogens is 400 g/mol. The Morgan fingerprint density at radius 1 is 1.28 bits per heavy atom. The van der Waals surface area contributed by atoms with Crippen molar-refractivity contribution in [3.05, 3.63) is 62.8 Å². The standard InChI is InChI=1S/C18H17BrN4OS/c1-11-4-3-5-13(8-11)17-21-22-18(25)23(17)10-16(24)20-14-6-7-15(19)12(2)9-14/h3-9H,10H2,1-2H3,(H,20,24)(H,22,25). The molecule has 1 heterocycles. The van der Waals surface area contributed by atoms with Crippen LogP contribution in [0.5, 0.6) is 0 Å². The Labute approximate surface area is 159 Å². The first-order chi connectivity index (χ1) is 11.9. The molecule has 0 unspecified atom stereocenters. The molecule has 0 atom stereocenters. The number of halogens is 1. The van der Waals surface area contributed by atoms with Gasteiger partial charge in [0.05, 0.1) is 0 Å². The van der Waals surface area contributed by atoms with E-state index in [9.17, 15) is 4.79 Å². The molecule has 0 bridgehead atoms. The lowest BCUT2D eigenvalue weighted by molar-refractivity contribution is -0.116. The molecule has 0 spiro atoms. The quantitative estimate of drug-likeness (QED) is 0.609. The Kier molecular flexibility index (Phi) is 5.15. The van der Waals surface area contributed by atoms with Gasteiger partial charge in [-0.15, -0.1) is 0 Å². The minimum atomic E-state index is -0.159. The van der Waals surface area contributed by atoms with Crippen molar-refractivity contribution in [1.29, 1.82) is 0 Å². The number of aryl methyl sites for hydroxylation is 2. The topological polar surface area (TPSA) is 62.7 Å². The predicted octanol–water partition coefficient (Wildman–Crippen LogP) is 4.63. The first kappa shape index (κ1) is 17.6. The van der Waals surface area contributed by atoms with E-state index < -0.39 is 0 Å². The predicted molar refractivity (Wildman–Crippen MR) is 105 cm³/mol. The number of aromatic nitrogens is 3. The van der Waals surface area contributed by atoms with Crippen molar-refractivity contribution in [2.45, 2.75) is 20.4 Å².